The molecule has 0 bridgehead atoms. The second-order valence-corrected chi connectivity index (χ2v) is 5.28. The van der Waals surface area contributed by atoms with Crippen molar-refractivity contribution in [2.75, 3.05) is 0 Å². The summed E-state index contributed by atoms with van der Waals surface area (Å²) in [6, 6.07) is 3.38. The first-order valence-electron chi connectivity index (χ1n) is 7.41. The van der Waals surface area contributed by atoms with Gasteiger partial charge in [0, 0.05) is 12.4 Å². The monoisotopic (exact) mass is 340 g/mol. The molecule has 0 saturated heterocycles. The van der Waals surface area contributed by atoms with Crippen molar-refractivity contribution in [3.8, 4) is 0 Å². The minimum atomic E-state index is -0.848. The maximum absolute atomic E-state index is 10.5. The number of nitrogens with two attached hydrogens (primary N) is 1. The third-order valence-electron chi connectivity index (χ3n) is 2.98. The van der Waals surface area contributed by atoms with E-state index in [1.54, 1.807) is 24.5 Å². The second-order valence-electron chi connectivity index (χ2n) is 4.89. The molecule has 0 aliphatic rings. The van der Waals surface area contributed by atoms with Crippen LogP contribution in [0.15, 0.2) is 28.5 Å². The van der Waals surface area contributed by atoms with Crippen LogP contribution in [0.1, 0.15) is 44.6 Å². The zero-order chi connectivity index (χ0) is 17.1. The van der Waals surface area contributed by atoms with E-state index in [0.717, 1.165) is 31.2 Å². The molecular formula is C14H21ClN6O2. The van der Waals surface area contributed by atoms with Gasteiger partial charge in [-0.1, -0.05) is 43.9 Å². The zero-order valence-corrected chi connectivity index (χ0v) is 13.8. The van der Waals surface area contributed by atoms with Gasteiger partial charge in [0.1, 0.15) is 10.3 Å². The lowest BCUT2D eigenvalue weighted by Crippen LogP contribution is -2.33. The normalized spacial score (nSPS) is 11.8. The van der Waals surface area contributed by atoms with Gasteiger partial charge in [-0.3, -0.25) is 0 Å². The van der Waals surface area contributed by atoms with E-state index in [4.69, 9.17) is 17.3 Å². The summed E-state index contributed by atoms with van der Waals surface area (Å²) in [7, 11) is 0. The fourth-order valence-corrected chi connectivity index (χ4v) is 1.92. The Kier molecular flexibility index (Phi) is 8.59. The van der Waals surface area contributed by atoms with Crippen LogP contribution in [0.2, 0.25) is 5.15 Å². The maximum atomic E-state index is 10.5. The van der Waals surface area contributed by atoms with Crippen molar-refractivity contribution < 1.29 is 5.03 Å². The first-order valence-corrected chi connectivity index (χ1v) is 7.79. The standard InChI is InChI=1S/C14H21ClN6O2/c1-2-3-4-5-6-9-18-20(14(16)19-21(22)23)11-12-7-8-13(15)17-10-12/h7-10H,2-6,11H2,1H3,(H2,16,19)/b18-9+. The average molecular weight is 341 g/mol. The number of halogens is 1. The van der Waals surface area contributed by atoms with Gasteiger partial charge in [-0.2, -0.15) is 5.10 Å². The van der Waals surface area contributed by atoms with Gasteiger partial charge < -0.3 is 5.73 Å². The van der Waals surface area contributed by atoms with E-state index < -0.39 is 5.03 Å². The number of nitrogens with zero attached hydrogens (tertiary/aromatic N) is 5. The van der Waals surface area contributed by atoms with Crippen molar-refractivity contribution in [2.24, 2.45) is 15.9 Å². The highest BCUT2D eigenvalue weighted by atomic mass is 35.5. The molecule has 0 aliphatic carbocycles. The lowest BCUT2D eigenvalue weighted by atomic mass is 10.2. The predicted octanol–water partition coefficient (Wildman–Crippen LogP) is 3.00. The van der Waals surface area contributed by atoms with Gasteiger partial charge in [0.05, 0.1) is 6.54 Å². The smallest absolute Gasteiger partial charge is 0.289 e. The second kappa shape index (κ2) is 10.5. The van der Waals surface area contributed by atoms with Crippen LogP contribution < -0.4 is 5.73 Å². The molecule has 0 aromatic carbocycles. The molecule has 0 spiro atoms. The van der Waals surface area contributed by atoms with E-state index in [0.29, 0.717) is 5.15 Å². The van der Waals surface area contributed by atoms with Gasteiger partial charge in [0.25, 0.3) is 5.96 Å². The summed E-state index contributed by atoms with van der Waals surface area (Å²) in [5.41, 5.74) is 6.40. The first-order chi connectivity index (χ1) is 11.0. The molecule has 0 saturated carbocycles. The van der Waals surface area contributed by atoms with Crippen molar-refractivity contribution in [3.05, 3.63) is 39.2 Å². The Balaban J connectivity index is 2.70. The van der Waals surface area contributed by atoms with Crippen LogP contribution in [-0.2, 0) is 6.54 Å². The topological polar surface area (TPSA) is 110 Å². The van der Waals surface area contributed by atoms with E-state index in [9.17, 15) is 10.1 Å². The Hall–Kier alpha value is -2.22. The van der Waals surface area contributed by atoms with Crippen LogP contribution in [0.4, 0.5) is 0 Å². The fraction of sp³-hybridized carbons (Fsp3) is 0.500. The number of unbranched alkanes of at least 4 members (excludes halogenated alkanes) is 4. The van der Waals surface area contributed by atoms with Crippen LogP contribution >= 0.6 is 11.6 Å². The Morgan fingerprint density at radius 1 is 1.48 bits per heavy atom. The number of guanidine groups is 1. The summed E-state index contributed by atoms with van der Waals surface area (Å²) in [4.78, 5) is 14.4. The number of hydrogen-bond acceptors (Lipinski definition) is 4. The van der Waals surface area contributed by atoms with Crippen LogP contribution in [-0.4, -0.2) is 27.2 Å². The van der Waals surface area contributed by atoms with E-state index in [2.05, 4.69) is 22.1 Å². The van der Waals surface area contributed by atoms with Crippen LogP contribution in [0, 0.1) is 10.1 Å². The minimum absolute atomic E-state index is 0.221. The highest BCUT2D eigenvalue weighted by Gasteiger charge is 2.11. The molecular weight excluding hydrogens is 320 g/mol. The van der Waals surface area contributed by atoms with Crippen molar-refractivity contribution in [3.63, 3.8) is 0 Å². The van der Waals surface area contributed by atoms with E-state index in [1.165, 1.54) is 11.4 Å². The van der Waals surface area contributed by atoms with Gasteiger partial charge in [-0.05, 0) is 24.5 Å². The molecule has 0 radical (unpaired) electrons. The number of pyridine rings is 1. The largest absolute Gasteiger partial charge is 0.363 e. The number of nitro groups is 1. The highest BCUT2D eigenvalue weighted by molar-refractivity contribution is 6.29. The van der Waals surface area contributed by atoms with E-state index >= 15 is 0 Å². The highest BCUT2D eigenvalue weighted by Crippen LogP contribution is 2.09. The molecule has 23 heavy (non-hydrogen) atoms. The molecule has 0 unspecified atom stereocenters. The summed E-state index contributed by atoms with van der Waals surface area (Å²) in [6.07, 6.45) is 8.52. The third-order valence-corrected chi connectivity index (χ3v) is 3.20. The summed E-state index contributed by atoms with van der Waals surface area (Å²) in [5.74, 6) is -0.283. The average Bonchev–Trinajstić information content (AvgIpc) is 2.50. The van der Waals surface area contributed by atoms with Crippen molar-refractivity contribution >= 4 is 23.8 Å². The molecule has 1 rings (SSSR count). The number of rotatable bonds is 9. The molecule has 1 aromatic heterocycles. The summed E-state index contributed by atoms with van der Waals surface area (Å²) < 4.78 is 0. The molecule has 0 aliphatic heterocycles. The van der Waals surface area contributed by atoms with Gasteiger partial charge in [-0.15, -0.1) is 0 Å². The van der Waals surface area contributed by atoms with E-state index in [1.807, 2.05) is 0 Å². The Labute approximate surface area is 140 Å². The minimum Gasteiger partial charge on any atom is -0.363 e. The SMILES string of the molecule is CCCCCC/C=N/N(Cc1ccc(Cl)nc1)/C(N)=N/[N+](=O)[O-]. The van der Waals surface area contributed by atoms with Crippen LogP contribution in [0.5, 0.6) is 0 Å². The molecule has 0 amide bonds. The van der Waals surface area contributed by atoms with Crippen LogP contribution in [0.3, 0.4) is 0 Å². The van der Waals surface area contributed by atoms with Crippen molar-refractivity contribution in [2.45, 2.75) is 45.6 Å². The summed E-state index contributed by atoms with van der Waals surface area (Å²) in [5, 5.41) is 18.6. The molecule has 1 aromatic rings. The third kappa shape index (κ3) is 8.10. The Morgan fingerprint density at radius 3 is 2.87 bits per heavy atom. The molecule has 0 atom stereocenters. The first kappa shape index (κ1) is 18.8. The van der Waals surface area contributed by atoms with Crippen molar-refractivity contribution in [1.29, 1.82) is 0 Å². The zero-order valence-electron chi connectivity index (χ0n) is 13.1. The lowest BCUT2D eigenvalue weighted by molar-refractivity contribution is -0.485. The lowest BCUT2D eigenvalue weighted by Gasteiger charge is -2.15. The predicted molar refractivity (Wildman–Crippen MR) is 90.7 cm³/mol. The number of hydrogen-bond donors (Lipinski definition) is 1. The molecule has 126 valence electrons. The maximum Gasteiger partial charge on any atom is 0.289 e. The Bertz CT molecular complexity index is 547. The molecule has 9 heteroatoms. The quantitative estimate of drug-likeness (QED) is 0.185. The molecule has 2 N–H and O–H groups in total. The summed E-state index contributed by atoms with van der Waals surface area (Å²) in [6.45, 7) is 2.36. The van der Waals surface area contributed by atoms with Gasteiger partial charge in [0.15, 0.2) is 5.03 Å². The van der Waals surface area contributed by atoms with Gasteiger partial charge in [0.2, 0.25) is 0 Å². The van der Waals surface area contributed by atoms with Gasteiger partial charge in [-0.25, -0.2) is 20.1 Å². The number of hydrazone groups is 2. The van der Waals surface area contributed by atoms with E-state index in [-0.39, 0.29) is 12.5 Å². The van der Waals surface area contributed by atoms with Crippen LogP contribution in [0.25, 0.3) is 0 Å². The molecule has 8 nitrogen and oxygen atoms in total. The van der Waals surface area contributed by atoms with Gasteiger partial charge >= 0.3 is 0 Å². The van der Waals surface area contributed by atoms with Crippen molar-refractivity contribution in [1.82, 2.24) is 9.99 Å². The Morgan fingerprint density at radius 2 is 2.26 bits per heavy atom. The summed E-state index contributed by atoms with van der Waals surface area (Å²) >= 11 is 5.73. The molecule has 1 heterocycles. The number of aromatic nitrogens is 1. The molecule has 0 fully saturated rings. The fourth-order valence-electron chi connectivity index (χ4n) is 1.81.